The summed E-state index contributed by atoms with van der Waals surface area (Å²) >= 11 is 0. The molecule has 144 valence electrons. The molecule has 1 fully saturated rings. The summed E-state index contributed by atoms with van der Waals surface area (Å²) in [5.41, 5.74) is -0.562. The highest BCUT2D eigenvalue weighted by molar-refractivity contribution is 5.86. The van der Waals surface area contributed by atoms with Gasteiger partial charge in [-0.05, 0) is 32.6 Å². The van der Waals surface area contributed by atoms with E-state index in [2.05, 4.69) is 20.9 Å². The summed E-state index contributed by atoms with van der Waals surface area (Å²) < 4.78 is 0. The van der Waals surface area contributed by atoms with E-state index >= 15 is 0 Å². The van der Waals surface area contributed by atoms with Gasteiger partial charge >= 0.3 is 0 Å². The largest absolute Gasteiger partial charge is 0.359 e. The minimum absolute atomic E-state index is 0.0315. The highest BCUT2D eigenvalue weighted by Crippen LogP contribution is 2.22. The smallest absolute Gasteiger partial charge is 0.243 e. The van der Waals surface area contributed by atoms with E-state index in [9.17, 15) is 9.59 Å². The van der Waals surface area contributed by atoms with E-state index in [0.29, 0.717) is 18.4 Å². The van der Waals surface area contributed by atoms with Crippen molar-refractivity contribution in [1.29, 1.82) is 0 Å². The van der Waals surface area contributed by atoms with Crippen molar-refractivity contribution < 1.29 is 9.59 Å². The third-order valence-corrected chi connectivity index (χ3v) is 4.69. The third-order valence-electron chi connectivity index (χ3n) is 4.69. The SMILES string of the molecule is CNC(=O)C(C)(C)CNC(=NCC(=O)N(C)C)NCC1CCCCC1. The van der Waals surface area contributed by atoms with Gasteiger partial charge < -0.3 is 20.9 Å². The van der Waals surface area contributed by atoms with Crippen molar-refractivity contribution in [2.45, 2.75) is 46.0 Å². The summed E-state index contributed by atoms with van der Waals surface area (Å²) in [5, 5.41) is 9.24. The Bertz CT molecular complexity index is 468. The zero-order chi connectivity index (χ0) is 18.9. The van der Waals surface area contributed by atoms with E-state index in [-0.39, 0.29) is 18.4 Å². The molecule has 0 radical (unpaired) electrons. The van der Waals surface area contributed by atoms with Crippen molar-refractivity contribution >= 4 is 17.8 Å². The van der Waals surface area contributed by atoms with Crippen molar-refractivity contribution in [2.75, 3.05) is 40.8 Å². The Morgan fingerprint density at radius 1 is 1.12 bits per heavy atom. The molecule has 0 saturated heterocycles. The topological polar surface area (TPSA) is 85.8 Å². The second-order valence-corrected chi connectivity index (χ2v) is 7.65. The Morgan fingerprint density at radius 2 is 1.76 bits per heavy atom. The molecule has 0 aromatic carbocycles. The quantitative estimate of drug-likeness (QED) is 0.470. The fourth-order valence-electron chi connectivity index (χ4n) is 2.82. The fourth-order valence-corrected chi connectivity index (χ4v) is 2.82. The molecule has 1 aliphatic carbocycles. The molecule has 7 heteroatoms. The lowest BCUT2D eigenvalue weighted by Gasteiger charge is -2.26. The fraction of sp³-hybridized carbons (Fsp3) is 0.833. The monoisotopic (exact) mass is 353 g/mol. The molecule has 0 heterocycles. The summed E-state index contributed by atoms with van der Waals surface area (Å²) in [6.07, 6.45) is 6.37. The number of nitrogens with one attached hydrogen (secondary N) is 3. The van der Waals surface area contributed by atoms with Crippen LogP contribution in [0.5, 0.6) is 0 Å². The van der Waals surface area contributed by atoms with Crippen LogP contribution in [-0.2, 0) is 9.59 Å². The molecule has 2 amide bonds. The number of amides is 2. The maximum atomic E-state index is 11.9. The Balaban J connectivity index is 2.64. The van der Waals surface area contributed by atoms with Crippen LogP contribution in [0.1, 0.15) is 46.0 Å². The van der Waals surface area contributed by atoms with Gasteiger partial charge in [0.1, 0.15) is 6.54 Å². The van der Waals surface area contributed by atoms with Crippen LogP contribution in [0, 0.1) is 11.3 Å². The van der Waals surface area contributed by atoms with Crippen LogP contribution in [0.15, 0.2) is 4.99 Å². The van der Waals surface area contributed by atoms with Gasteiger partial charge in [-0.15, -0.1) is 0 Å². The molecule has 0 spiro atoms. The Labute approximate surface area is 152 Å². The Hall–Kier alpha value is -1.79. The number of carbonyl (C=O) groups excluding carboxylic acids is 2. The minimum atomic E-state index is -0.562. The zero-order valence-electron chi connectivity index (χ0n) is 16.4. The molecule has 0 bridgehead atoms. The second-order valence-electron chi connectivity index (χ2n) is 7.65. The third kappa shape index (κ3) is 7.75. The van der Waals surface area contributed by atoms with Crippen molar-refractivity contribution in [3.63, 3.8) is 0 Å². The van der Waals surface area contributed by atoms with Gasteiger partial charge in [-0.2, -0.15) is 0 Å². The molecule has 0 aromatic heterocycles. The normalized spacial score (nSPS) is 16.3. The number of aliphatic imine (C=N–C) groups is 1. The predicted molar refractivity (Wildman–Crippen MR) is 101 cm³/mol. The highest BCUT2D eigenvalue weighted by atomic mass is 16.2. The van der Waals surface area contributed by atoms with E-state index in [0.717, 1.165) is 6.54 Å². The lowest BCUT2D eigenvalue weighted by molar-refractivity contribution is -0.128. The lowest BCUT2D eigenvalue weighted by atomic mass is 9.89. The standard InChI is InChI=1S/C18H35N5O2/c1-18(2,16(25)19-3)13-22-17(21-12-15(24)23(4)5)20-11-14-9-7-6-8-10-14/h14H,6-13H2,1-5H3,(H,19,25)(H2,20,21,22). The van der Waals surface area contributed by atoms with E-state index in [1.807, 2.05) is 13.8 Å². The Kier molecular flexibility index (Phi) is 8.72. The predicted octanol–water partition coefficient (Wildman–Crippen LogP) is 0.962. The number of likely N-dealkylation sites (N-methyl/N-ethyl adjacent to an activating group) is 1. The molecule has 7 nitrogen and oxygen atoms in total. The lowest BCUT2D eigenvalue weighted by Crippen LogP contribution is -2.48. The average molecular weight is 354 g/mol. The first-order chi connectivity index (χ1) is 11.8. The van der Waals surface area contributed by atoms with Crippen molar-refractivity contribution in [3.05, 3.63) is 0 Å². The number of hydrogen-bond donors (Lipinski definition) is 3. The highest BCUT2D eigenvalue weighted by Gasteiger charge is 2.26. The summed E-state index contributed by atoms with van der Waals surface area (Å²) in [4.78, 5) is 29.7. The first-order valence-corrected chi connectivity index (χ1v) is 9.21. The van der Waals surface area contributed by atoms with Gasteiger partial charge in [-0.25, -0.2) is 4.99 Å². The number of hydrogen-bond acceptors (Lipinski definition) is 3. The van der Waals surface area contributed by atoms with E-state index in [1.54, 1.807) is 21.1 Å². The number of carbonyl (C=O) groups is 2. The summed E-state index contributed by atoms with van der Waals surface area (Å²) in [5.74, 6) is 1.16. The van der Waals surface area contributed by atoms with Gasteiger partial charge in [-0.1, -0.05) is 19.3 Å². The first kappa shape index (κ1) is 21.3. The molecular formula is C18H35N5O2. The Morgan fingerprint density at radius 3 is 2.32 bits per heavy atom. The molecule has 1 saturated carbocycles. The average Bonchev–Trinajstić information content (AvgIpc) is 2.60. The summed E-state index contributed by atoms with van der Waals surface area (Å²) in [7, 11) is 5.07. The van der Waals surface area contributed by atoms with Crippen LogP contribution in [0.4, 0.5) is 0 Å². The van der Waals surface area contributed by atoms with Crippen LogP contribution in [0.25, 0.3) is 0 Å². The van der Waals surface area contributed by atoms with Gasteiger partial charge in [0.2, 0.25) is 11.8 Å². The molecule has 0 aliphatic heterocycles. The first-order valence-electron chi connectivity index (χ1n) is 9.21. The number of rotatable bonds is 7. The molecule has 1 aliphatic rings. The van der Waals surface area contributed by atoms with Crippen LogP contribution in [-0.4, -0.2) is 63.5 Å². The van der Waals surface area contributed by atoms with Gasteiger partial charge in [-0.3, -0.25) is 9.59 Å². The zero-order valence-corrected chi connectivity index (χ0v) is 16.4. The summed E-state index contributed by atoms with van der Waals surface area (Å²) in [6.45, 7) is 5.14. The van der Waals surface area contributed by atoms with Crippen LogP contribution < -0.4 is 16.0 Å². The van der Waals surface area contributed by atoms with Gasteiger partial charge in [0.15, 0.2) is 5.96 Å². The minimum Gasteiger partial charge on any atom is -0.359 e. The van der Waals surface area contributed by atoms with E-state index in [4.69, 9.17) is 0 Å². The van der Waals surface area contributed by atoms with E-state index < -0.39 is 5.41 Å². The van der Waals surface area contributed by atoms with Gasteiger partial charge in [0.05, 0.1) is 5.41 Å². The van der Waals surface area contributed by atoms with Crippen molar-refractivity contribution in [2.24, 2.45) is 16.3 Å². The molecule has 0 aromatic rings. The molecule has 0 unspecified atom stereocenters. The maximum absolute atomic E-state index is 11.9. The molecule has 1 rings (SSSR count). The molecular weight excluding hydrogens is 318 g/mol. The van der Waals surface area contributed by atoms with Crippen LogP contribution >= 0.6 is 0 Å². The number of nitrogens with zero attached hydrogens (tertiary/aromatic N) is 2. The van der Waals surface area contributed by atoms with Crippen LogP contribution in [0.2, 0.25) is 0 Å². The van der Waals surface area contributed by atoms with E-state index in [1.165, 1.54) is 37.0 Å². The number of guanidine groups is 1. The maximum Gasteiger partial charge on any atom is 0.243 e. The second kappa shape index (κ2) is 10.3. The molecule has 3 N–H and O–H groups in total. The molecule has 25 heavy (non-hydrogen) atoms. The van der Waals surface area contributed by atoms with Crippen molar-refractivity contribution in [3.8, 4) is 0 Å². The molecule has 0 atom stereocenters. The summed E-state index contributed by atoms with van der Waals surface area (Å²) in [6, 6.07) is 0. The van der Waals surface area contributed by atoms with Crippen molar-refractivity contribution in [1.82, 2.24) is 20.9 Å². The van der Waals surface area contributed by atoms with Crippen LogP contribution in [0.3, 0.4) is 0 Å². The van der Waals surface area contributed by atoms with Gasteiger partial charge in [0.25, 0.3) is 0 Å². The van der Waals surface area contributed by atoms with Gasteiger partial charge in [0, 0.05) is 34.2 Å².